The normalized spacial score (nSPS) is 11.4. The number of sulfone groups is 1. The quantitative estimate of drug-likeness (QED) is 0.835. The summed E-state index contributed by atoms with van der Waals surface area (Å²) >= 11 is 0. The molecular formula is C12H9FO3S. The van der Waals surface area contributed by atoms with E-state index < -0.39 is 15.7 Å². The number of hydrogen-bond acceptors (Lipinski definition) is 3. The first-order valence-electron chi connectivity index (χ1n) is 4.80. The van der Waals surface area contributed by atoms with Crippen LogP contribution in [-0.4, -0.2) is 13.5 Å². The second-order valence-corrected chi connectivity index (χ2v) is 5.34. The molecule has 5 heteroatoms. The fraction of sp³-hybridized carbons (Fsp3) is 0. The van der Waals surface area contributed by atoms with Crippen LogP contribution in [0, 0.1) is 5.82 Å². The van der Waals surface area contributed by atoms with Crippen LogP contribution in [0.4, 0.5) is 4.39 Å². The predicted octanol–water partition coefficient (Wildman–Crippen LogP) is 2.36. The summed E-state index contributed by atoms with van der Waals surface area (Å²) < 4.78 is 36.9. The molecule has 0 aliphatic heterocycles. The van der Waals surface area contributed by atoms with E-state index in [9.17, 15) is 17.9 Å². The standard InChI is InChI=1S/C12H9FO3S/c13-9-5-7-10(8-6-9)17(15,16)12-4-2-1-3-11(12)14/h1-8,14H. The van der Waals surface area contributed by atoms with Crippen LogP contribution in [0.3, 0.4) is 0 Å². The van der Waals surface area contributed by atoms with Gasteiger partial charge in [0.2, 0.25) is 9.84 Å². The molecule has 0 bridgehead atoms. The highest BCUT2D eigenvalue weighted by Crippen LogP contribution is 2.27. The maximum Gasteiger partial charge on any atom is 0.210 e. The van der Waals surface area contributed by atoms with Gasteiger partial charge in [-0.25, -0.2) is 12.8 Å². The van der Waals surface area contributed by atoms with Gasteiger partial charge in [0.05, 0.1) is 4.90 Å². The predicted molar refractivity (Wildman–Crippen MR) is 60.0 cm³/mol. The van der Waals surface area contributed by atoms with Crippen LogP contribution in [0.1, 0.15) is 0 Å². The van der Waals surface area contributed by atoms with Crippen LogP contribution in [0.5, 0.6) is 5.75 Å². The molecule has 0 heterocycles. The zero-order valence-electron chi connectivity index (χ0n) is 8.67. The summed E-state index contributed by atoms with van der Waals surface area (Å²) in [6.45, 7) is 0. The van der Waals surface area contributed by atoms with Crippen molar-refractivity contribution in [2.75, 3.05) is 0 Å². The highest BCUT2D eigenvalue weighted by atomic mass is 32.2. The Hall–Kier alpha value is -1.88. The number of phenols is 1. The van der Waals surface area contributed by atoms with Gasteiger partial charge in [-0.05, 0) is 36.4 Å². The Morgan fingerprint density at radius 2 is 1.53 bits per heavy atom. The smallest absolute Gasteiger partial charge is 0.210 e. The molecule has 0 aliphatic rings. The first-order valence-corrected chi connectivity index (χ1v) is 6.29. The van der Waals surface area contributed by atoms with E-state index in [1.165, 1.54) is 24.3 Å². The average molecular weight is 252 g/mol. The summed E-state index contributed by atoms with van der Waals surface area (Å²) in [6.07, 6.45) is 0. The molecule has 0 saturated heterocycles. The zero-order chi connectivity index (χ0) is 12.5. The molecule has 17 heavy (non-hydrogen) atoms. The Morgan fingerprint density at radius 1 is 0.941 bits per heavy atom. The number of benzene rings is 2. The SMILES string of the molecule is O=S(=O)(c1ccc(F)cc1)c1ccccc1O. The fourth-order valence-electron chi connectivity index (χ4n) is 1.43. The molecule has 0 aromatic heterocycles. The van der Waals surface area contributed by atoms with E-state index >= 15 is 0 Å². The third-order valence-electron chi connectivity index (χ3n) is 2.28. The van der Waals surface area contributed by atoms with Crippen LogP contribution in [-0.2, 0) is 9.84 Å². The number of rotatable bonds is 2. The molecule has 88 valence electrons. The monoisotopic (exact) mass is 252 g/mol. The molecule has 2 aromatic rings. The van der Waals surface area contributed by atoms with Gasteiger partial charge in [-0.3, -0.25) is 0 Å². The van der Waals surface area contributed by atoms with Gasteiger partial charge in [0.25, 0.3) is 0 Å². The van der Waals surface area contributed by atoms with Crippen molar-refractivity contribution in [1.29, 1.82) is 0 Å². The van der Waals surface area contributed by atoms with Gasteiger partial charge in [0, 0.05) is 0 Å². The third-order valence-corrected chi connectivity index (χ3v) is 4.10. The number of aromatic hydroxyl groups is 1. The van der Waals surface area contributed by atoms with Crippen molar-refractivity contribution in [3.8, 4) is 5.75 Å². The van der Waals surface area contributed by atoms with Gasteiger partial charge in [0.1, 0.15) is 16.5 Å². The van der Waals surface area contributed by atoms with Crippen molar-refractivity contribution in [1.82, 2.24) is 0 Å². The minimum absolute atomic E-state index is 0.0552. The summed E-state index contributed by atoms with van der Waals surface area (Å²) in [6, 6.07) is 10.1. The number of halogens is 1. The van der Waals surface area contributed by atoms with Crippen LogP contribution in [0.25, 0.3) is 0 Å². The summed E-state index contributed by atoms with van der Waals surface area (Å²) in [7, 11) is -3.80. The molecule has 2 rings (SSSR count). The highest BCUT2D eigenvalue weighted by molar-refractivity contribution is 7.91. The summed E-state index contributed by atoms with van der Waals surface area (Å²) in [5, 5.41) is 9.51. The molecule has 2 aromatic carbocycles. The third kappa shape index (κ3) is 2.14. The van der Waals surface area contributed by atoms with Crippen LogP contribution in [0.2, 0.25) is 0 Å². The summed E-state index contributed by atoms with van der Waals surface area (Å²) in [5.41, 5.74) is 0. The molecule has 0 unspecified atom stereocenters. The van der Waals surface area contributed by atoms with Crippen molar-refractivity contribution in [2.45, 2.75) is 9.79 Å². The minimum atomic E-state index is -3.80. The van der Waals surface area contributed by atoms with Gasteiger partial charge >= 0.3 is 0 Å². The molecule has 3 nitrogen and oxygen atoms in total. The minimum Gasteiger partial charge on any atom is -0.507 e. The fourth-order valence-corrected chi connectivity index (χ4v) is 2.77. The van der Waals surface area contributed by atoms with E-state index in [0.717, 1.165) is 24.3 Å². The van der Waals surface area contributed by atoms with E-state index in [4.69, 9.17) is 0 Å². The molecule has 0 fully saturated rings. The van der Waals surface area contributed by atoms with Crippen molar-refractivity contribution in [3.63, 3.8) is 0 Å². The summed E-state index contributed by atoms with van der Waals surface area (Å²) in [5.74, 6) is -0.835. The lowest BCUT2D eigenvalue weighted by Crippen LogP contribution is -2.02. The van der Waals surface area contributed by atoms with E-state index in [2.05, 4.69) is 0 Å². The first kappa shape index (κ1) is 11.6. The van der Waals surface area contributed by atoms with E-state index in [1.807, 2.05) is 0 Å². The lowest BCUT2D eigenvalue weighted by atomic mass is 10.3. The van der Waals surface area contributed by atoms with Gasteiger partial charge in [-0.1, -0.05) is 12.1 Å². The molecular weight excluding hydrogens is 243 g/mol. The Balaban J connectivity index is 2.58. The zero-order valence-corrected chi connectivity index (χ0v) is 9.49. The lowest BCUT2D eigenvalue weighted by Gasteiger charge is -2.06. The van der Waals surface area contributed by atoms with Crippen LogP contribution < -0.4 is 0 Å². The Kier molecular flexibility index (Phi) is 2.85. The molecule has 0 spiro atoms. The van der Waals surface area contributed by atoms with E-state index in [1.54, 1.807) is 0 Å². The second-order valence-electron chi connectivity index (χ2n) is 3.43. The lowest BCUT2D eigenvalue weighted by molar-refractivity contribution is 0.459. The second kappa shape index (κ2) is 4.18. The highest BCUT2D eigenvalue weighted by Gasteiger charge is 2.20. The van der Waals surface area contributed by atoms with Gasteiger partial charge < -0.3 is 5.11 Å². The maximum atomic E-state index is 12.7. The molecule has 1 N–H and O–H groups in total. The van der Waals surface area contributed by atoms with Crippen molar-refractivity contribution < 1.29 is 17.9 Å². The molecule has 0 radical (unpaired) electrons. The Bertz CT molecular complexity index is 633. The molecule has 0 atom stereocenters. The Morgan fingerprint density at radius 3 is 2.12 bits per heavy atom. The molecule has 0 amide bonds. The van der Waals surface area contributed by atoms with E-state index in [-0.39, 0.29) is 15.5 Å². The largest absolute Gasteiger partial charge is 0.507 e. The van der Waals surface area contributed by atoms with Gasteiger partial charge in [-0.2, -0.15) is 0 Å². The Labute approximate surface area is 98.1 Å². The van der Waals surface area contributed by atoms with Gasteiger partial charge in [-0.15, -0.1) is 0 Å². The number of para-hydroxylation sites is 1. The van der Waals surface area contributed by atoms with Gasteiger partial charge in [0.15, 0.2) is 0 Å². The first-order chi connectivity index (χ1) is 8.01. The van der Waals surface area contributed by atoms with Crippen molar-refractivity contribution in [2.24, 2.45) is 0 Å². The van der Waals surface area contributed by atoms with Crippen LogP contribution >= 0.6 is 0 Å². The molecule has 0 saturated carbocycles. The van der Waals surface area contributed by atoms with Crippen LogP contribution in [0.15, 0.2) is 58.3 Å². The van der Waals surface area contributed by atoms with Crippen molar-refractivity contribution in [3.05, 3.63) is 54.3 Å². The van der Waals surface area contributed by atoms with E-state index in [0.29, 0.717) is 0 Å². The topological polar surface area (TPSA) is 54.4 Å². The number of hydrogen-bond donors (Lipinski definition) is 1. The summed E-state index contributed by atoms with van der Waals surface area (Å²) in [4.78, 5) is -0.244. The molecule has 0 aliphatic carbocycles. The maximum absolute atomic E-state index is 12.7. The average Bonchev–Trinajstić information content (AvgIpc) is 2.30. The number of phenolic OH excluding ortho intramolecular Hbond substituents is 1. The van der Waals surface area contributed by atoms with Crippen molar-refractivity contribution >= 4 is 9.84 Å².